The van der Waals surface area contributed by atoms with Crippen LogP contribution in [0.5, 0.6) is 0 Å². The van der Waals surface area contributed by atoms with Gasteiger partial charge in [-0.15, -0.1) is 0 Å². The van der Waals surface area contributed by atoms with Gasteiger partial charge in [-0.1, -0.05) is 17.7 Å². The number of aromatic nitrogens is 1. The second-order valence-electron chi connectivity index (χ2n) is 9.15. The zero-order valence-corrected chi connectivity index (χ0v) is 20.8. The molecule has 0 radical (unpaired) electrons. The summed E-state index contributed by atoms with van der Waals surface area (Å²) in [6.45, 7) is 8.19. The van der Waals surface area contributed by atoms with Gasteiger partial charge in [0, 0.05) is 38.9 Å². The van der Waals surface area contributed by atoms with Crippen molar-refractivity contribution in [2.45, 2.75) is 51.0 Å². The summed E-state index contributed by atoms with van der Waals surface area (Å²) in [7, 11) is -3.79. The summed E-state index contributed by atoms with van der Waals surface area (Å²) >= 11 is 0. The number of nitrogens with zero attached hydrogens (tertiary/aromatic N) is 5. The van der Waals surface area contributed by atoms with Crippen LogP contribution in [0.4, 0.5) is 5.82 Å². The molecule has 34 heavy (non-hydrogen) atoms. The molecule has 0 spiro atoms. The van der Waals surface area contributed by atoms with Crippen LogP contribution in [0.2, 0.25) is 0 Å². The van der Waals surface area contributed by atoms with Gasteiger partial charge >= 0.3 is 0 Å². The molecule has 1 atom stereocenters. The number of nitriles is 1. The molecule has 1 aromatic carbocycles. The van der Waals surface area contributed by atoms with Crippen LogP contribution in [-0.2, 0) is 14.8 Å². The van der Waals surface area contributed by atoms with E-state index in [1.165, 1.54) is 4.31 Å². The molecule has 2 fully saturated rings. The highest BCUT2D eigenvalue weighted by Crippen LogP contribution is 2.31. The van der Waals surface area contributed by atoms with E-state index in [4.69, 9.17) is 0 Å². The Morgan fingerprint density at radius 3 is 2.50 bits per heavy atom. The van der Waals surface area contributed by atoms with Crippen LogP contribution < -0.4 is 4.90 Å². The Morgan fingerprint density at radius 1 is 1.06 bits per heavy atom. The van der Waals surface area contributed by atoms with Crippen molar-refractivity contribution < 1.29 is 13.2 Å². The predicted octanol–water partition coefficient (Wildman–Crippen LogP) is 2.77. The molecule has 1 amide bonds. The van der Waals surface area contributed by atoms with Crippen LogP contribution in [-0.4, -0.2) is 67.3 Å². The van der Waals surface area contributed by atoms with Crippen molar-refractivity contribution >= 4 is 21.7 Å². The van der Waals surface area contributed by atoms with Gasteiger partial charge in [0.1, 0.15) is 17.9 Å². The smallest absolute Gasteiger partial charge is 0.244 e. The standard InChI is InChI=1S/C25H31N5O3S/c1-18-15-19(2)23(20(3)16-18)34(32,33)30-12-5-8-22(30)25(31)29-11-6-10-28(13-14-29)24-21(17-26)7-4-9-27-24/h4,7,9,15-16,22H,5-6,8,10-14H2,1-3H3. The van der Waals surface area contributed by atoms with Crippen LogP contribution in [0.3, 0.4) is 0 Å². The van der Waals surface area contributed by atoms with Gasteiger partial charge in [0.15, 0.2) is 0 Å². The zero-order valence-electron chi connectivity index (χ0n) is 20.0. The lowest BCUT2D eigenvalue weighted by atomic mass is 10.1. The number of hydrogen-bond acceptors (Lipinski definition) is 6. The molecule has 0 aliphatic carbocycles. The maximum atomic E-state index is 13.7. The third-order valence-electron chi connectivity index (χ3n) is 6.67. The molecule has 0 saturated carbocycles. The Balaban J connectivity index is 1.53. The molecular weight excluding hydrogens is 450 g/mol. The van der Waals surface area contributed by atoms with Gasteiger partial charge in [0.25, 0.3) is 0 Å². The van der Waals surface area contributed by atoms with E-state index in [2.05, 4.69) is 11.1 Å². The molecule has 2 aliphatic rings. The molecule has 8 nitrogen and oxygen atoms in total. The molecule has 0 N–H and O–H groups in total. The van der Waals surface area contributed by atoms with E-state index in [1.54, 1.807) is 23.2 Å². The van der Waals surface area contributed by atoms with Gasteiger partial charge < -0.3 is 9.80 Å². The molecule has 0 bridgehead atoms. The largest absolute Gasteiger partial charge is 0.354 e. The highest BCUT2D eigenvalue weighted by molar-refractivity contribution is 7.89. The average Bonchev–Trinajstić information content (AvgIpc) is 3.17. The highest BCUT2D eigenvalue weighted by atomic mass is 32.2. The molecule has 4 rings (SSSR count). The van der Waals surface area contributed by atoms with Crippen molar-refractivity contribution in [1.29, 1.82) is 5.26 Å². The van der Waals surface area contributed by atoms with Crippen molar-refractivity contribution in [2.24, 2.45) is 0 Å². The first kappa shape index (κ1) is 24.2. The molecular formula is C25H31N5O3S. The Bertz CT molecular complexity index is 1210. The first-order valence-electron chi connectivity index (χ1n) is 11.7. The van der Waals surface area contributed by atoms with Gasteiger partial charge in [0.2, 0.25) is 15.9 Å². The number of rotatable bonds is 4. The molecule has 180 valence electrons. The molecule has 2 aliphatic heterocycles. The van der Waals surface area contributed by atoms with Crippen LogP contribution in [0.15, 0.2) is 35.4 Å². The van der Waals surface area contributed by atoms with Gasteiger partial charge in [-0.25, -0.2) is 13.4 Å². The minimum atomic E-state index is -3.79. The third kappa shape index (κ3) is 4.52. The molecule has 2 aromatic rings. The van der Waals surface area contributed by atoms with E-state index in [9.17, 15) is 18.5 Å². The lowest BCUT2D eigenvalue weighted by molar-refractivity contribution is -0.134. The van der Waals surface area contributed by atoms with Gasteiger partial charge in [0.05, 0.1) is 10.5 Å². The Morgan fingerprint density at radius 2 is 1.79 bits per heavy atom. The maximum absolute atomic E-state index is 13.7. The summed E-state index contributed by atoms with van der Waals surface area (Å²) in [5, 5.41) is 9.41. The summed E-state index contributed by atoms with van der Waals surface area (Å²) in [6.07, 6.45) is 3.59. The fraction of sp³-hybridized carbons (Fsp3) is 0.480. The van der Waals surface area contributed by atoms with Crippen LogP contribution in [0, 0.1) is 32.1 Å². The summed E-state index contributed by atoms with van der Waals surface area (Å²) in [6, 6.07) is 8.74. The molecule has 9 heteroatoms. The van der Waals surface area contributed by atoms with Gasteiger partial charge in [-0.3, -0.25) is 4.79 Å². The first-order chi connectivity index (χ1) is 16.2. The Labute approximate surface area is 201 Å². The van der Waals surface area contributed by atoms with E-state index in [0.717, 1.165) is 12.0 Å². The quantitative estimate of drug-likeness (QED) is 0.666. The molecule has 3 heterocycles. The van der Waals surface area contributed by atoms with E-state index in [-0.39, 0.29) is 5.91 Å². The number of benzene rings is 1. The molecule has 1 aromatic heterocycles. The molecule has 2 saturated heterocycles. The average molecular weight is 482 g/mol. The summed E-state index contributed by atoms with van der Waals surface area (Å²) in [5.41, 5.74) is 2.96. The first-order valence-corrected chi connectivity index (χ1v) is 13.2. The van der Waals surface area contributed by atoms with Crippen molar-refractivity contribution in [1.82, 2.24) is 14.2 Å². The number of amides is 1. The Kier molecular flexibility index (Phi) is 6.91. The van der Waals surface area contributed by atoms with Crippen LogP contribution in [0.25, 0.3) is 0 Å². The van der Waals surface area contributed by atoms with Crippen LogP contribution in [0.1, 0.15) is 41.5 Å². The van der Waals surface area contributed by atoms with E-state index in [1.807, 2.05) is 37.8 Å². The van der Waals surface area contributed by atoms with Gasteiger partial charge in [-0.05, 0) is 63.3 Å². The number of hydrogen-bond donors (Lipinski definition) is 0. The normalized spacial score (nSPS) is 19.6. The van der Waals surface area contributed by atoms with Crippen molar-refractivity contribution in [3.63, 3.8) is 0 Å². The number of carbonyl (C=O) groups is 1. The highest BCUT2D eigenvalue weighted by Gasteiger charge is 2.42. The number of anilines is 1. The predicted molar refractivity (Wildman–Crippen MR) is 130 cm³/mol. The lowest BCUT2D eigenvalue weighted by Gasteiger charge is -2.30. The van der Waals surface area contributed by atoms with Gasteiger partial charge in [-0.2, -0.15) is 9.57 Å². The minimum Gasteiger partial charge on any atom is -0.354 e. The van der Waals surface area contributed by atoms with E-state index >= 15 is 0 Å². The fourth-order valence-electron chi connectivity index (χ4n) is 5.26. The van der Waals surface area contributed by atoms with E-state index < -0.39 is 16.1 Å². The molecule has 1 unspecified atom stereocenters. The summed E-state index contributed by atoms with van der Waals surface area (Å²) in [4.78, 5) is 22.1. The zero-order chi connectivity index (χ0) is 24.5. The number of aryl methyl sites for hydroxylation is 3. The van der Waals surface area contributed by atoms with Crippen molar-refractivity contribution in [3.8, 4) is 6.07 Å². The number of carbonyl (C=O) groups excluding carboxylic acids is 1. The van der Waals surface area contributed by atoms with Crippen molar-refractivity contribution in [2.75, 3.05) is 37.6 Å². The lowest BCUT2D eigenvalue weighted by Crippen LogP contribution is -2.48. The summed E-state index contributed by atoms with van der Waals surface area (Å²) in [5.74, 6) is 0.501. The van der Waals surface area contributed by atoms with Crippen molar-refractivity contribution in [3.05, 3.63) is 52.7 Å². The fourth-order valence-corrected chi connectivity index (χ4v) is 7.33. The number of sulfonamides is 1. The van der Waals surface area contributed by atoms with Crippen LogP contribution >= 0.6 is 0 Å². The third-order valence-corrected chi connectivity index (χ3v) is 8.89. The second kappa shape index (κ2) is 9.72. The van der Waals surface area contributed by atoms with E-state index in [0.29, 0.717) is 73.0 Å². The minimum absolute atomic E-state index is 0.133. The second-order valence-corrected chi connectivity index (χ2v) is 11.0. The monoisotopic (exact) mass is 481 g/mol. The Hall–Kier alpha value is -2.96. The SMILES string of the molecule is Cc1cc(C)c(S(=O)(=O)N2CCCC2C(=O)N2CCCN(c3ncccc3C#N)CC2)c(C)c1. The number of pyridine rings is 1. The summed E-state index contributed by atoms with van der Waals surface area (Å²) < 4.78 is 28.7. The maximum Gasteiger partial charge on any atom is 0.244 e. The topological polar surface area (TPSA) is 97.6 Å².